The minimum Gasteiger partial charge on any atom is -0.496 e. The number of methoxy groups -OCH3 is 1. The highest BCUT2D eigenvalue weighted by molar-refractivity contribution is 5.77. The second-order valence-electron chi connectivity index (χ2n) is 4.19. The first-order chi connectivity index (χ1) is 9.79. The summed E-state index contributed by atoms with van der Waals surface area (Å²) in [5.41, 5.74) is 0.933. The van der Waals surface area contributed by atoms with Gasteiger partial charge in [-0.3, -0.25) is 4.79 Å². The molecular weight excluding hydrogens is 254 g/mol. The van der Waals surface area contributed by atoms with Gasteiger partial charge in [0.1, 0.15) is 11.5 Å². The van der Waals surface area contributed by atoms with Crippen molar-refractivity contribution in [2.24, 2.45) is 0 Å². The first kappa shape index (κ1) is 13.9. The van der Waals surface area contributed by atoms with Crippen LogP contribution in [0.1, 0.15) is 5.56 Å². The van der Waals surface area contributed by atoms with Gasteiger partial charge in [-0.05, 0) is 18.2 Å². The van der Waals surface area contributed by atoms with Crippen LogP contribution in [0.2, 0.25) is 0 Å². The number of benzene rings is 2. The summed E-state index contributed by atoms with van der Waals surface area (Å²) in [4.78, 5) is 11.7. The first-order valence-electron chi connectivity index (χ1n) is 6.36. The van der Waals surface area contributed by atoms with Crippen molar-refractivity contribution in [1.82, 2.24) is 5.32 Å². The summed E-state index contributed by atoms with van der Waals surface area (Å²) in [6.07, 6.45) is 0. The van der Waals surface area contributed by atoms with Crippen molar-refractivity contribution < 1.29 is 14.3 Å². The second kappa shape index (κ2) is 7.19. The summed E-state index contributed by atoms with van der Waals surface area (Å²) in [5, 5.41) is 2.80. The summed E-state index contributed by atoms with van der Waals surface area (Å²) in [5.74, 6) is 1.27. The molecule has 0 aliphatic carbocycles. The normalized spacial score (nSPS) is 9.85. The monoisotopic (exact) mass is 271 g/mol. The third-order valence-electron chi connectivity index (χ3n) is 2.78. The molecule has 0 unspecified atom stereocenters. The molecule has 0 bridgehead atoms. The zero-order chi connectivity index (χ0) is 14.2. The molecule has 0 aliphatic heterocycles. The van der Waals surface area contributed by atoms with Gasteiger partial charge >= 0.3 is 0 Å². The van der Waals surface area contributed by atoms with Gasteiger partial charge in [0.05, 0.1) is 7.11 Å². The lowest BCUT2D eigenvalue weighted by atomic mass is 10.2. The van der Waals surface area contributed by atoms with E-state index in [9.17, 15) is 4.79 Å². The van der Waals surface area contributed by atoms with Gasteiger partial charge < -0.3 is 14.8 Å². The first-order valence-corrected chi connectivity index (χ1v) is 6.36. The van der Waals surface area contributed by atoms with E-state index in [2.05, 4.69) is 5.32 Å². The molecule has 4 heteroatoms. The third-order valence-corrected chi connectivity index (χ3v) is 2.78. The molecular formula is C16H17NO3. The van der Waals surface area contributed by atoms with Crippen LogP contribution < -0.4 is 14.8 Å². The van der Waals surface area contributed by atoms with Gasteiger partial charge in [0, 0.05) is 12.1 Å². The molecule has 0 aliphatic rings. The van der Waals surface area contributed by atoms with E-state index in [-0.39, 0.29) is 12.5 Å². The van der Waals surface area contributed by atoms with Crippen LogP contribution in [0.25, 0.3) is 0 Å². The molecule has 1 N–H and O–H groups in total. The highest BCUT2D eigenvalue weighted by Crippen LogP contribution is 2.16. The van der Waals surface area contributed by atoms with E-state index in [1.807, 2.05) is 54.6 Å². The smallest absolute Gasteiger partial charge is 0.258 e. The average molecular weight is 271 g/mol. The van der Waals surface area contributed by atoms with E-state index in [0.717, 1.165) is 11.3 Å². The SMILES string of the molecule is COc1ccccc1CNC(=O)COc1ccccc1. The molecule has 2 aromatic rings. The maximum atomic E-state index is 11.7. The Labute approximate surface area is 118 Å². The Hall–Kier alpha value is -2.49. The molecule has 0 spiro atoms. The van der Waals surface area contributed by atoms with Crippen LogP contribution in [0.15, 0.2) is 54.6 Å². The molecule has 20 heavy (non-hydrogen) atoms. The van der Waals surface area contributed by atoms with Crippen molar-refractivity contribution in [2.75, 3.05) is 13.7 Å². The predicted molar refractivity (Wildman–Crippen MR) is 76.8 cm³/mol. The number of para-hydroxylation sites is 2. The molecule has 0 atom stereocenters. The Morgan fingerprint density at radius 3 is 2.50 bits per heavy atom. The quantitative estimate of drug-likeness (QED) is 0.877. The Bertz CT molecular complexity index is 555. The van der Waals surface area contributed by atoms with E-state index in [1.165, 1.54) is 0 Å². The average Bonchev–Trinajstić information content (AvgIpc) is 2.52. The fraction of sp³-hybridized carbons (Fsp3) is 0.188. The predicted octanol–water partition coefficient (Wildman–Crippen LogP) is 2.39. The molecule has 0 fully saturated rings. The van der Waals surface area contributed by atoms with Crippen molar-refractivity contribution >= 4 is 5.91 Å². The number of carbonyl (C=O) groups excluding carboxylic acids is 1. The molecule has 4 nitrogen and oxygen atoms in total. The summed E-state index contributed by atoms with van der Waals surface area (Å²) in [6, 6.07) is 16.8. The lowest BCUT2D eigenvalue weighted by molar-refractivity contribution is -0.123. The maximum absolute atomic E-state index is 11.7. The van der Waals surface area contributed by atoms with Gasteiger partial charge in [-0.1, -0.05) is 36.4 Å². The van der Waals surface area contributed by atoms with Gasteiger partial charge in [-0.2, -0.15) is 0 Å². The number of rotatable bonds is 6. The zero-order valence-electron chi connectivity index (χ0n) is 11.3. The van der Waals surface area contributed by atoms with E-state index >= 15 is 0 Å². The standard InChI is InChI=1S/C16H17NO3/c1-19-15-10-6-5-7-13(15)11-17-16(18)12-20-14-8-3-2-4-9-14/h2-10H,11-12H2,1H3,(H,17,18). The minimum atomic E-state index is -0.167. The molecule has 0 radical (unpaired) electrons. The van der Waals surface area contributed by atoms with Crippen molar-refractivity contribution in [2.45, 2.75) is 6.54 Å². The van der Waals surface area contributed by atoms with Gasteiger partial charge in [0.15, 0.2) is 6.61 Å². The fourth-order valence-electron chi connectivity index (χ4n) is 1.76. The Kier molecular flexibility index (Phi) is 5.00. The van der Waals surface area contributed by atoms with Gasteiger partial charge in [-0.15, -0.1) is 0 Å². The lowest BCUT2D eigenvalue weighted by Crippen LogP contribution is -2.28. The van der Waals surface area contributed by atoms with Gasteiger partial charge in [0.2, 0.25) is 0 Å². The van der Waals surface area contributed by atoms with Crippen LogP contribution in [0.4, 0.5) is 0 Å². The molecule has 0 saturated carbocycles. The van der Waals surface area contributed by atoms with Crippen LogP contribution in [0.3, 0.4) is 0 Å². The number of nitrogens with one attached hydrogen (secondary N) is 1. The molecule has 0 aromatic heterocycles. The van der Waals surface area contributed by atoms with E-state index in [0.29, 0.717) is 12.3 Å². The molecule has 104 valence electrons. The maximum Gasteiger partial charge on any atom is 0.258 e. The van der Waals surface area contributed by atoms with Crippen molar-refractivity contribution in [1.29, 1.82) is 0 Å². The lowest BCUT2D eigenvalue weighted by Gasteiger charge is -2.10. The van der Waals surface area contributed by atoms with Gasteiger partial charge in [-0.25, -0.2) is 0 Å². The van der Waals surface area contributed by atoms with Crippen molar-refractivity contribution in [3.8, 4) is 11.5 Å². The zero-order valence-corrected chi connectivity index (χ0v) is 11.3. The minimum absolute atomic E-state index is 0.000831. The number of hydrogen-bond donors (Lipinski definition) is 1. The summed E-state index contributed by atoms with van der Waals surface area (Å²) < 4.78 is 10.6. The molecule has 2 aromatic carbocycles. The summed E-state index contributed by atoms with van der Waals surface area (Å²) in [6.45, 7) is 0.417. The molecule has 1 amide bonds. The third kappa shape index (κ3) is 4.02. The Balaban J connectivity index is 1.80. The van der Waals surface area contributed by atoms with Crippen LogP contribution in [0.5, 0.6) is 11.5 Å². The highest BCUT2D eigenvalue weighted by Gasteiger charge is 2.05. The van der Waals surface area contributed by atoms with E-state index < -0.39 is 0 Å². The van der Waals surface area contributed by atoms with Crippen molar-refractivity contribution in [3.63, 3.8) is 0 Å². The number of carbonyl (C=O) groups is 1. The van der Waals surface area contributed by atoms with E-state index in [4.69, 9.17) is 9.47 Å². The van der Waals surface area contributed by atoms with Crippen molar-refractivity contribution in [3.05, 3.63) is 60.2 Å². The number of hydrogen-bond acceptors (Lipinski definition) is 3. The number of amides is 1. The van der Waals surface area contributed by atoms with Gasteiger partial charge in [0.25, 0.3) is 5.91 Å². The second-order valence-corrected chi connectivity index (χ2v) is 4.19. The van der Waals surface area contributed by atoms with Crippen LogP contribution in [-0.2, 0) is 11.3 Å². The number of ether oxygens (including phenoxy) is 2. The van der Waals surface area contributed by atoms with Crippen LogP contribution >= 0.6 is 0 Å². The molecule has 0 saturated heterocycles. The summed E-state index contributed by atoms with van der Waals surface area (Å²) in [7, 11) is 1.61. The largest absolute Gasteiger partial charge is 0.496 e. The summed E-state index contributed by atoms with van der Waals surface area (Å²) >= 11 is 0. The highest BCUT2D eigenvalue weighted by atomic mass is 16.5. The Morgan fingerprint density at radius 1 is 1.05 bits per heavy atom. The Morgan fingerprint density at radius 2 is 1.75 bits per heavy atom. The van der Waals surface area contributed by atoms with Crippen LogP contribution in [-0.4, -0.2) is 19.6 Å². The fourth-order valence-corrected chi connectivity index (χ4v) is 1.76. The molecule has 2 rings (SSSR count). The van der Waals surface area contributed by atoms with Crippen LogP contribution in [0, 0.1) is 0 Å². The topological polar surface area (TPSA) is 47.6 Å². The van der Waals surface area contributed by atoms with E-state index in [1.54, 1.807) is 7.11 Å². The molecule has 0 heterocycles.